The van der Waals surface area contributed by atoms with Crippen LogP contribution in [0, 0.1) is 6.92 Å². The Morgan fingerprint density at radius 3 is 2.76 bits per heavy atom. The van der Waals surface area contributed by atoms with Crippen LogP contribution in [0.5, 0.6) is 0 Å². The van der Waals surface area contributed by atoms with Crippen LogP contribution in [0.25, 0.3) is 11.4 Å². The molecule has 0 aliphatic carbocycles. The van der Waals surface area contributed by atoms with Gasteiger partial charge in [-0.05, 0) is 19.1 Å². The molecule has 2 heterocycles. The van der Waals surface area contributed by atoms with E-state index in [4.69, 9.17) is 0 Å². The zero-order chi connectivity index (χ0) is 14.8. The van der Waals surface area contributed by atoms with E-state index in [0.717, 1.165) is 23.6 Å². The maximum Gasteiger partial charge on any atom is 0.181 e. The van der Waals surface area contributed by atoms with Crippen molar-refractivity contribution in [1.29, 1.82) is 0 Å². The van der Waals surface area contributed by atoms with E-state index < -0.39 is 0 Å². The van der Waals surface area contributed by atoms with Crippen molar-refractivity contribution in [2.75, 3.05) is 5.32 Å². The molecule has 1 N–H and O–H groups in total. The molecule has 0 unspecified atom stereocenters. The minimum Gasteiger partial charge on any atom is -0.381 e. The van der Waals surface area contributed by atoms with Crippen LogP contribution in [0.2, 0.25) is 0 Å². The van der Waals surface area contributed by atoms with E-state index in [1.165, 1.54) is 11.3 Å². The Bertz CT molecular complexity index is 755. The van der Waals surface area contributed by atoms with Gasteiger partial charge < -0.3 is 5.32 Å². The molecule has 108 valence electrons. The van der Waals surface area contributed by atoms with Crippen LogP contribution < -0.4 is 5.32 Å². The summed E-state index contributed by atoms with van der Waals surface area (Å²) in [5, 5.41) is 12.0. The molecule has 0 spiro atoms. The highest BCUT2D eigenvalue weighted by Crippen LogP contribution is 2.19. The molecule has 0 atom stereocenters. The second-order valence-electron chi connectivity index (χ2n) is 5.06. The molecule has 0 bridgehead atoms. The normalized spacial score (nSPS) is 10.8. The minimum absolute atomic E-state index is 0.735. The van der Waals surface area contributed by atoms with Crippen molar-refractivity contribution in [3.05, 3.63) is 48.0 Å². The Kier molecular flexibility index (Phi) is 3.43. The summed E-state index contributed by atoms with van der Waals surface area (Å²) in [5.41, 5.74) is 4.41. The van der Waals surface area contributed by atoms with Crippen LogP contribution in [-0.4, -0.2) is 24.5 Å². The van der Waals surface area contributed by atoms with E-state index >= 15 is 0 Å². The van der Waals surface area contributed by atoms with Crippen LogP contribution >= 0.6 is 0 Å². The zero-order valence-electron chi connectivity index (χ0n) is 12.4. The summed E-state index contributed by atoms with van der Waals surface area (Å²) in [6.07, 6.45) is 3.60. The predicted molar refractivity (Wildman–Crippen MR) is 81.7 cm³/mol. The van der Waals surface area contributed by atoms with Gasteiger partial charge in [0.15, 0.2) is 5.82 Å². The first-order chi connectivity index (χ1) is 10.1. The van der Waals surface area contributed by atoms with E-state index in [1.807, 2.05) is 43.2 Å². The van der Waals surface area contributed by atoms with Gasteiger partial charge in [-0.25, -0.2) is 4.98 Å². The van der Waals surface area contributed by atoms with Crippen LogP contribution in [0.4, 0.5) is 5.69 Å². The number of anilines is 1. The Morgan fingerprint density at radius 1 is 1.24 bits per heavy atom. The van der Waals surface area contributed by atoms with Crippen molar-refractivity contribution in [1.82, 2.24) is 24.5 Å². The summed E-state index contributed by atoms with van der Waals surface area (Å²) in [5.74, 6) is 0.735. The molecule has 3 rings (SSSR count). The molecule has 0 aliphatic rings. The maximum atomic E-state index is 4.32. The Morgan fingerprint density at radius 2 is 2.10 bits per heavy atom. The van der Waals surface area contributed by atoms with E-state index in [-0.39, 0.29) is 0 Å². The molecule has 2 aromatic heterocycles. The molecular formula is C15H18N6. The molecule has 6 nitrogen and oxygen atoms in total. The summed E-state index contributed by atoms with van der Waals surface area (Å²) >= 11 is 0. The molecule has 21 heavy (non-hydrogen) atoms. The Balaban J connectivity index is 1.76. The van der Waals surface area contributed by atoms with E-state index in [1.54, 1.807) is 11.0 Å². The van der Waals surface area contributed by atoms with Crippen LogP contribution in [0.15, 0.2) is 36.8 Å². The first kappa shape index (κ1) is 13.4. The second-order valence-corrected chi connectivity index (χ2v) is 5.06. The van der Waals surface area contributed by atoms with Crippen molar-refractivity contribution in [2.45, 2.75) is 13.5 Å². The van der Waals surface area contributed by atoms with Gasteiger partial charge in [-0.2, -0.15) is 10.2 Å². The first-order valence-electron chi connectivity index (χ1n) is 6.81. The molecule has 0 fully saturated rings. The lowest BCUT2D eigenvalue weighted by Gasteiger charge is -2.07. The number of nitrogens with zero attached hydrogens (tertiary/aromatic N) is 5. The Labute approximate surface area is 123 Å². The van der Waals surface area contributed by atoms with Crippen LogP contribution in [-0.2, 0) is 20.6 Å². The molecule has 0 saturated carbocycles. The fraction of sp³-hybridized carbons (Fsp3) is 0.267. The van der Waals surface area contributed by atoms with E-state index in [2.05, 4.69) is 33.5 Å². The average Bonchev–Trinajstić information content (AvgIpc) is 3.05. The third-order valence-electron chi connectivity index (χ3n) is 3.54. The standard InChI is InChI=1S/C15H18N6/c1-11-13(9-18-21(11)3)8-16-14-6-4-5-12(7-14)15-17-10-20(2)19-15/h4-7,9-10,16H,8H2,1-3H3. The van der Waals surface area contributed by atoms with Crippen molar-refractivity contribution in [2.24, 2.45) is 14.1 Å². The fourth-order valence-corrected chi connectivity index (χ4v) is 2.15. The quantitative estimate of drug-likeness (QED) is 0.796. The SMILES string of the molecule is Cc1c(CNc2cccc(-c3ncn(C)n3)c2)cnn1C. The highest BCUT2D eigenvalue weighted by atomic mass is 15.3. The third-order valence-corrected chi connectivity index (χ3v) is 3.54. The number of aryl methyl sites for hydroxylation is 2. The van der Waals surface area contributed by atoms with Gasteiger partial charge in [0, 0.05) is 43.1 Å². The summed E-state index contributed by atoms with van der Waals surface area (Å²) in [6, 6.07) is 8.11. The van der Waals surface area contributed by atoms with Gasteiger partial charge in [-0.1, -0.05) is 12.1 Å². The molecular weight excluding hydrogens is 264 g/mol. The molecule has 6 heteroatoms. The molecule has 3 aromatic rings. The number of hydrogen-bond donors (Lipinski definition) is 1. The average molecular weight is 282 g/mol. The van der Waals surface area contributed by atoms with Crippen molar-refractivity contribution < 1.29 is 0 Å². The highest BCUT2D eigenvalue weighted by molar-refractivity contribution is 5.62. The van der Waals surface area contributed by atoms with Gasteiger partial charge in [0.05, 0.1) is 6.20 Å². The molecule has 0 radical (unpaired) electrons. The van der Waals surface area contributed by atoms with Crippen molar-refractivity contribution in [3.63, 3.8) is 0 Å². The minimum atomic E-state index is 0.735. The lowest BCUT2D eigenvalue weighted by molar-refractivity contribution is 0.738. The highest BCUT2D eigenvalue weighted by Gasteiger charge is 2.06. The largest absolute Gasteiger partial charge is 0.381 e. The topological polar surface area (TPSA) is 60.6 Å². The summed E-state index contributed by atoms with van der Waals surface area (Å²) < 4.78 is 3.58. The van der Waals surface area contributed by atoms with Crippen LogP contribution in [0.3, 0.4) is 0 Å². The molecule has 0 saturated heterocycles. The molecule has 0 amide bonds. The van der Waals surface area contributed by atoms with Gasteiger partial charge in [0.1, 0.15) is 6.33 Å². The second kappa shape index (κ2) is 5.40. The molecule has 0 aliphatic heterocycles. The fourth-order valence-electron chi connectivity index (χ4n) is 2.15. The third kappa shape index (κ3) is 2.79. The molecule has 1 aromatic carbocycles. The predicted octanol–water partition coefficient (Wildman–Crippen LogP) is 2.14. The van der Waals surface area contributed by atoms with E-state index in [9.17, 15) is 0 Å². The maximum absolute atomic E-state index is 4.32. The number of benzene rings is 1. The number of nitrogens with one attached hydrogen (secondary N) is 1. The smallest absolute Gasteiger partial charge is 0.181 e. The lowest BCUT2D eigenvalue weighted by atomic mass is 10.2. The monoisotopic (exact) mass is 282 g/mol. The number of aromatic nitrogens is 5. The van der Waals surface area contributed by atoms with Gasteiger partial charge in [-0.15, -0.1) is 0 Å². The summed E-state index contributed by atoms with van der Waals surface area (Å²) in [6.45, 7) is 2.82. The van der Waals surface area contributed by atoms with Crippen molar-refractivity contribution in [3.8, 4) is 11.4 Å². The van der Waals surface area contributed by atoms with Gasteiger partial charge in [0.25, 0.3) is 0 Å². The summed E-state index contributed by atoms with van der Waals surface area (Å²) in [4.78, 5) is 4.27. The van der Waals surface area contributed by atoms with Gasteiger partial charge in [0.2, 0.25) is 0 Å². The Hall–Kier alpha value is -2.63. The van der Waals surface area contributed by atoms with Gasteiger partial charge >= 0.3 is 0 Å². The lowest BCUT2D eigenvalue weighted by Crippen LogP contribution is -2.01. The van der Waals surface area contributed by atoms with E-state index in [0.29, 0.717) is 0 Å². The first-order valence-corrected chi connectivity index (χ1v) is 6.81. The van der Waals surface area contributed by atoms with Crippen molar-refractivity contribution >= 4 is 5.69 Å². The van der Waals surface area contributed by atoms with Gasteiger partial charge in [-0.3, -0.25) is 9.36 Å². The van der Waals surface area contributed by atoms with Crippen LogP contribution in [0.1, 0.15) is 11.3 Å². The number of hydrogen-bond acceptors (Lipinski definition) is 4. The number of rotatable bonds is 4. The zero-order valence-corrected chi connectivity index (χ0v) is 12.4. The summed E-state index contributed by atoms with van der Waals surface area (Å²) in [7, 11) is 3.82.